The molecule has 3 rings (SSSR count). The van der Waals surface area contributed by atoms with Crippen molar-refractivity contribution < 1.29 is 9.53 Å². The first kappa shape index (κ1) is 17.3. The summed E-state index contributed by atoms with van der Waals surface area (Å²) in [5.74, 6) is 0.554. The number of aromatic amines is 1. The van der Waals surface area contributed by atoms with E-state index >= 15 is 0 Å². The maximum Gasteiger partial charge on any atom is 0.413 e. The minimum absolute atomic E-state index is 0.497. The van der Waals surface area contributed by atoms with Crippen LogP contribution in [0.25, 0.3) is 0 Å². The second-order valence-corrected chi connectivity index (χ2v) is 7.13. The first-order valence-corrected chi connectivity index (χ1v) is 8.50. The number of para-hydroxylation sites is 1. The van der Waals surface area contributed by atoms with Crippen molar-refractivity contribution in [1.82, 2.24) is 15.5 Å². The predicted octanol–water partition coefficient (Wildman–Crippen LogP) is 3.01. The average Bonchev–Trinajstić information content (AvgIpc) is 3.15. The van der Waals surface area contributed by atoms with Crippen molar-refractivity contribution >= 4 is 17.6 Å². The Kier molecular flexibility index (Phi) is 4.94. The van der Waals surface area contributed by atoms with E-state index < -0.39 is 11.7 Å². The lowest BCUT2D eigenvalue weighted by Crippen LogP contribution is -2.27. The number of fused-ring (bicyclic) bond motifs is 1. The monoisotopic (exact) mass is 343 g/mol. The van der Waals surface area contributed by atoms with Crippen LogP contribution >= 0.6 is 0 Å². The summed E-state index contributed by atoms with van der Waals surface area (Å²) >= 11 is 0. The van der Waals surface area contributed by atoms with E-state index in [4.69, 9.17) is 4.74 Å². The van der Waals surface area contributed by atoms with Gasteiger partial charge in [-0.3, -0.25) is 10.4 Å². The van der Waals surface area contributed by atoms with E-state index in [-0.39, 0.29) is 0 Å². The zero-order valence-corrected chi connectivity index (χ0v) is 14.9. The van der Waals surface area contributed by atoms with E-state index in [2.05, 4.69) is 44.3 Å². The summed E-state index contributed by atoms with van der Waals surface area (Å²) in [6.07, 6.45) is 2.28. The number of aromatic nitrogens is 2. The first-order chi connectivity index (χ1) is 11.9. The summed E-state index contributed by atoms with van der Waals surface area (Å²) in [6.45, 7) is 7.81. The van der Waals surface area contributed by atoms with Crippen LogP contribution in [-0.4, -0.2) is 28.4 Å². The van der Waals surface area contributed by atoms with Crippen molar-refractivity contribution in [3.63, 3.8) is 0 Å². The van der Waals surface area contributed by atoms with E-state index in [0.29, 0.717) is 12.4 Å². The number of anilines is 2. The maximum absolute atomic E-state index is 11.9. The molecule has 1 aromatic carbocycles. The molecule has 0 atom stereocenters. The van der Waals surface area contributed by atoms with Gasteiger partial charge in [0.25, 0.3) is 0 Å². The molecule has 1 aliphatic heterocycles. The number of benzene rings is 1. The number of ether oxygens (including phenoxy) is 1. The summed E-state index contributed by atoms with van der Waals surface area (Å²) in [4.78, 5) is 11.9. The number of hydrogen-bond acceptors (Lipinski definition) is 5. The van der Waals surface area contributed by atoms with Crippen LogP contribution in [0.4, 0.5) is 16.3 Å². The highest BCUT2D eigenvalue weighted by Gasteiger charge is 2.18. The molecular formula is C18H25N5O2. The number of nitrogens with zero attached hydrogens (tertiary/aromatic N) is 1. The van der Waals surface area contributed by atoms with Crippen LogP contribution in [0.5, 0.6) is 0 Å². The number of nitrogens with one attached hydrogen (secondary N) is 4. The quantitative estimate of drug-likeness (QED) is 0.670. The molecule has 134 valence electrons. The Labute approximate surface area is 147 Å². The Hall–Kier alpha value is -2.54. The molecule has 4 N–H and O–H groups in total. The van der Waals surface area contributed by atoms with Crippen molar-refractivity contribution in [1.29, 1.82) is 0 Å². The summed E-state index contributed by atoms with van der Waals surface area (Å²) in [5.41, 5.74) is 4.21. The van der Waals surface area contributed by atoms with E-state index in [1.807, 2.05) is 20.8 Å². The Bertz CT molecular complexity index is 748. The smallest absolute Gasteiger partial charge is 0.413 e. The number of amides is 1. The fraction of sp³-hybridized carbons (Fsp3) is 0.444. The molecule has 0 saturated carbocycles. The molecule has 1 aliphatic rings. The molecule has 0 unspecified atom stereocenters. The molecule has 0 fully saturated rings. The van der Waals surface area contributed by atoms with Crippen LogP contribution in [0.15, 0.2) is 24.4 Å². The Balaban J connectivity index is 1.56. The van der Waals surface area contributed by atoms with Gasteiger partial charge in [-0.15, -0.1) is 0 Å². The lowest BCUT2D eigenvalue weighted by Gasteiger charge is -2.19. The fourth-order valence-corrected chi connectivity index (χ4v) is 2.85. The number of hydrogen-bond donors (Lipinski definition) is 4. The highest BCUT2D eigenvalue weighted by atomic mass is 16.6. The third kappa shape index (κ3) is 4.51. The molecule has 0 radical (unpaired) electrons. The van der Waals surface area contributed by atoms with Crippen molar-refractivity contribution in [2.75, 3.05) is 17.2 Å². The lowest BCUT2D eigenvalue weighted by molar-refractivity contribution is 0.0635. The minimum Gasteiger partial charge on any atom is -0.444 e. The summed E-state index contributed by atoms with van der Waals surface area (Å²) < 4.78 is 5.26. The summed E-state index contributed by atoms with van der Waals surface area (Å²) in [6, 6.07) is 6.38. The lowest BCUT2D eigenvalue weighted by atomic mass is 10.1. The molecule has 1 amide bonds. The minimum atomic E-state index is -0.538. The highest BCUT2D eigenvalue weighted by Crippen LogP contribution is 2.26. The molecule has 25 heavy (non-hydrogen) atoms. The van der Waals surface area contributed by atoms with E-state index in [9.17, 15) is 4.79 Å². The molecule has 7 heteroatoms. The average molecular weight is 343 g/mol. The fourth-order valence-electron chi connectivity index (χ4n) is 2.85. The van der Waals surface area contributed by atoms with E-state index in [1.54, 1.807) is 6.20 Å². The molecule has 7 nitrogen and oxygen atoms in total. The zero-order chi connectivity index (χ0) is 17.9. The first-order valence-electron chi connectivity index (χ1n) is 8.50. The second kappa shape index (κ2) is 7.14. The van der Waals surface area contributed by atoms with Crippen molar-refractivity contribution in [2.45, 2.75) is 45.9 Å². The van der Waals surface area contributed by atoms with Gasteiger partial charge >= 0.3 is 6.09 Å². The van der Waals surface area contributed by atoms with Crippen LogP contribution in [0.1, 0.15) is 37.5 Å². The molecule has 1 aromatic heterocycles. The number of H-pyrrole nitrogens is 1. The van der Waals surface area contributed by atoms with Crippen LogP contribution < -0.4 is 16.0 Å². The Morgan fingerprint density at radius 2 is 2.08 bits per heavy atom. The van der Waals surface area contributed by atoms with Gasteiger partial charge in [0.05, 0.1) is 6.20 Å². The van der Waals surface area contributed by atoms with Gasteiger partial charge in [0.2, 0.25) is 0 Å². The second-order valence-electron chi connectivity index (χ2n) is 7.13. The van der Waals surface area contributed by atoms with Crippen LogP contribution in [0, 0.1) is 0 Å². The topological polar surface area (TPSA) is 91.1 Å². The van der Waals surface area contributed by atoms with Gasteiger partial charge in [0, 0.05) is 30.9 Å². The molecule has 0 spiro atoms. The van der Waals surface area contributed by atoms with Gasteiger partial charge in [-0.25, -0.2) is 4.79 Å². The third-order valence-corrected chi connectivity index (χ3v) is 3.91. The van der Waals surface area contributed by atoms with Gasteiger partial charge in [-0.1, -0.05) is 18.2 Å². The van der Waals surface area contributed by atoms with Crippen molar-refractivity contribution in [2.24, 2.45) is 0 Å². The SMILES string of the molecule is CC(C)(C)OC(=O)Nc1[nH]ncc1CNCc1cccc2c1NCC2. The van der Waals surface area contributed by atoms with E-state index in [1.165, 1.54) is 16.8 Å². The highest BCUT2D eigenvalue weighted by molar-refractivity contribution is 5.84. The summed E-state index contributed by atoms with van der Waals surface area (Å²) in [7, 11) is 0. The maximum atomic E-state index is 11.9. The normalized spacial score (nSPS) is 13.2. The third-order valence-electron chi connectivity index (χ3n) is 3.91. The van der Waals surface area contributed by atoms with Gasteiger partial charge < -0.3 is 15.4 Å². The molecule has 2 heterocycles. The van der Waals surface area contributed by atoms with E-state index in [0.717, 1.165) is 25.1 Å². The number of carbonyl (C=O) groups excluding carboxylic acids is 1. The van der Waals surface area contributed by atoms with Crippen molar-refractivity contribution in [3.8, 4) is 0 Å². The van der Waals surface area contributed by atoms with Gasteiger partial charge in [-0.2, -0.15) is 5.10 Å². The van der Waals surface area contributed by atoms with Gasteiger partial charge in [-0.05, 0) is 38.3 Å². The molecule has 0 saturated heterocycles. The number of carbonyl (C=O) groups is 1. The molecule has 2 aromatic rings. The number of rotatable bonds is 5. The van der Waals surface area contributed by atoms with Gasteiger partial charge in [0.1, 0.15) is 11.4 Å². The molecular weight excluding hydrogens is 318 g/mol. The largest absolute Gasteiger partial charge is 0.444 e. The molecule has 0 aliphatic carbocycles. The van der Waals surface area contributed by atoms with Crippen LogP contribution in [0.3, 0.4) is 0 Å². The van der Waals surface area contributed by atoms with Gasteiger partial charge in [0.15, 0.2) is 0 Å². The Morgan fingerprint density at radius 3 is 2.88 bits per heavy atom. The van der Waals surface area contributed by atoms with Crippen LogP contribution in [0.2, 0.25) is 0 Å². The van der Waals surface area contributed by atoms with Crippen molar-refractivity contribution in [3.05, 3.63) is 41.1 Å². The summed E-state index contributed by atoms with van der Waals surface area (Å²) in [5, 5.41) is 16.4. The zero-order valence-electron chi connectivity index (χ0n) is 14.9. The molecule has 0 bridgehead atoms. The standard InChI is InChI=1S/C18H25N5O2/c1-18(2,3)25-17(24)22-16-14(11-21-23-16)10-19-9-13-6-4-5-12-7-8-20-15(12)13/h4-6,11,19-20H,7-10H2,1-3H3,(H2,21,22,23,24). The Morgan fingerprint density at radius 1 is 1.28 bits per heavy atom. The van der Waals surface area contributed by atoms with Crippen LogP contribution in [-0.2, 0) is 24.2 Å². The predicted molar refractivity (Wildman–Crippen MR) is 97.6 cm³/mol.